The molecule has 2 rings (SSSR count). The molecule has 0 unspecified atom stereocenters. The molecule has 0 atom stereocenters. The molecule has 0 spiro atoms. The van der Waals surface area contributed by atoms with E-state index in [2.05, 4.69) is 38.9 Å². The molecule has 0 saturated heterocycles. The lowest BCUT2D eigenvalue weighted by molar-refractivity contribution is 0.366. The van der Waals surface area contributed by atoms with Gasteiger partial charge in [0, 0.05) is 18.3 Å². The molecule has 1 saturated carbocycles. The highest BCUT2D eigenvalue weighted by molar-refractivity contribution is 5.66. The molecule has 0 radical (unpaired) electrons. The van der Waals surface area contributed by atoms with Gasteiger partial charge in [0.2, 0.25) is 0 Å². The van der Waals surface area contributed by atoms with E-state index in [1.807, 2.05) is 0 Å². The summed E-state index contributed by atoms with van der Waals surface area (Å²) in [6, 6.07) is 0. The molecule has 82 valence electrons. The largest absolute Gasteiger partial charge is 0.265 e. The van der Waals surface area contributed by atoms with Gasteiger partial charge in [0.05, 0.1) is 0 Å². The number of hydrogen-bond donors (Lipinski definition) is 0. The summed E-state index contributed by atoms with van der Waals surface area (Å²) in [7, 11) is 0. The van der Waals surface area contributed by atoms with Crippen molar-refractivity contribution in [3.8, 4) is 0 Å². The quantitative estimate of drug-likeness (QED) is 0.557. The highest BCUT2D eigenvalue weighted by Crippen LogP contribution is 2.47. The first-order valence-corrected chi connectivity index (χ1v) is 5.95. The van der Waals surface area contributed by atoms with Crippen molar-refractivity contribution < 1.29 is 0 Å². The Bertz CT molecular complexity index is 367. The third-order valence-electron chi connectivity index (χ3n) is 3.75. The van der Waals surface area contributed by atoms with E-state index >= 15 is 0 Å². The SMILES string of the molecule is CC1=C2C(=C(C)N=CC1)CCCC2(C)C. The standard InChI is InChI=1S/C14H21N/c1-10-7-9-15-11(2)12-6-5-8-14(3,4)13(10)12/h9H,5-8H2,1-4H3. The van der Waals surface area contributed by atoms with Gasteiger partial charge in [-0.2, -0.15) is 0 Å². The van der Waals surface area contributed by atoms with Crippen molar-refractivity contribution in [2.75, 3.05) is 0 Å². The van der Waals surface area contributed by atoms with Crippen LogP contribution in [0, 0.1) is 5.41 Å². The van der Waals surface area contributed by atoms with E-state index < -0.39 is 0 Å². The fourth-order valence-electron chi connectivity index (χ4n) is 3.06. The lowest BCUT2D eigenvalue weighted by Crippen LogP contribution is -2.22. The minimum absolute atomic E-state index is 0.354. The van der Waals surface area contributed by atoms with Crippen LogP contribution in [0.4, 0.5) is 0 Å². The Hall–Kier alpha value is -0.850. The third kappa shape index (κ3) is 1.80. The number of nitrogens with zero attached hydrogens (tertiary/aromatic N) is 1. The first-order chi connectivity index (χ1) is 7.02. The van der Waals surface area contributed by atoms with Gasteiger partial charge in [-0.1, -0.05) is 19.4 Å². The van der Waals surface area contributed by atoms with Crippen LogP contribution in [-0.4, -0.2) is 6.21 Å². The van der Waals surface area contributed by atoms with E-state index in [0.29, 0.717) is 5.41 Å². The fraction of sp³-hybridized carbons (Fsp3) is 0.643. The summed E-state index contributed by atoms with van der Waals surface area (Å²) in [4.78, 5) is 4.54. The Morgan fingerprint density at radius 1 is 1.27 bits per heavy atom. The summed E-state index contributed by atoms with van der Waals surface area (Å²) in [6.45, 7) is 9.19. The second kappa shape index (κ2) is 3.62. The van der Waals surface area contributed by atoms with Crippen LogP contribution in [-0.2, 0) is 0 Å². The second-order valence-corrected chi connectivity index (χ2v) is 5.47. The molecular formula is C14H21N. The van der Waals surface area contributed by atoms with Crippen LogP contribution in [0.25, 0.3) is 0 Å². The smallest absolute Gasteiger partial charge is 0.0403 e. The van der Waals surface area contributed by atoms with Crippen molar-refractivity contribution in [2.45, 2.75) is 53.4 Å². The van der Waals surface area contributed by atoms with Crippen LogP contribution in [0.5, 0.6) is 0 Å². The molecule has 1 heteroatoms. The highest BCUT2D eigenvalue weighted by atomic mass is 14.7. The molecule has 0 N–H and O–H groups in total. The van der Waals surface area contributed by atoms with Gasteiger partial charge < -0.3 is 0 Å². The van der Waals surface area contributed by atoms with Crippen molar-refractivity contribution in [3.05, 3.63) is 22.4 Å². The molecule has 0 aromatic heterocycles. The Morgan fingerprint density at radius 2 is 2.00 bits per heavy atom. The summed E-state index contributed by atoms with van der Waals surface area (Å²) < 4.78 is 0. The van der Waals surface area contributed by atoms with E-state index in [-0.39, 0.29) is 0 Å². The zero-order valence-corrected chi connectivity index (χ0v) is 10.4. The van der Waals surface area contributed by atoms with E-state index in [0.717, 1.165) is 6.42 Å². The van der Waals surface area contributed by atoms with Crippen LogP contribution >= 0.6 is 0 Å². The topological polar surface area (TPSA) is 12.4 Å². The summed E-state index contributed by atoms with van der Waals surface area (Å²) in [6.07, 6.45) is 6.94. The molecule has 1 aliphatic carbocycles. The maximum absolute atomic E-state index is 4.54. The van der Waals surface area contributed by atoms with Gasteiger partial charge in [0.25, 0.3) is 0 Å². The molecule has 1 fully saturated rings. The second-order valence-electron chi connectivity index (χ2n) is 5.47. The minimum Gasteiger partial charge on any atom is -0.265 e. The zero-order valence-electron chi connectivity index (χ0n) is 10.4. The van der Waals surface area contributed by atoms with Crippen molar-refractivity contribution >= 4 is 6.21 Å². The van der Waals surface area contributed by atoms with Gasteiger partial charge in [0.15, 0.2) is 0 Å². The molecule has 1 heterocycles. The van der Waals surface area contributed by atoms with Crippen molar-refractivity contribution in [1.82, 2.24) is 0 Å². The van der Waals surface area contributed by atoms with E-state index in [1.54, 1.807) is 5.57 Å². The monoisotopic (exact) mass is 203 g/mol. The van der Waals surface area contributed by atoms with Crippen LogP contribution in [0.1, 0.15) is 53.4 Å². The number of allylic oxidation sites excluding steroid dienone is 4. The van der Waals surface area contributed by atoms with Crippen LogP contribution in [0.2, 0.25) is 0 Å². The molecule has 15 heavy (non-hydrogen) atoms. The summed E-state index contributed by atoms with van der Waals surface area (Å²) in [5, 5.41) is 0. The predicted molar refractivity (Wildman–Crippen MR) is 66.1 cm³/mol. The zero-order chi connectivity index (χ0) is 11.1. The van der Waals surface area contributed by atoms with Gasteiger partial charge in [-0.3, -0.25) is 4.99 Å². The average Bonchev–Trinajstić information content (AvgIpc) is 2.27. The number of hydrogen-bond acceptors (Lipinski definition) is 1. The number of fused-ring (bicyclic) bond motifs is 1. The van der Waals surface area contributed by atoms with Crippen molar-refractivity contribution in [2.24, 2.45) is 10.4 Å². The first kappa shape index (κ1) is 10.7. The Morgan fingerprint density at radius 3 is 2.73 bits per heavy atom. The van der Waals surface area contributed by atoms with Crippen LogP contribution < -0.4 is 0 Å². The van der Waals surface area contributed by atoms with Crippen LogP contribution in [0.3, 0.4) is 0 Å². The summed E-state index contributed by atoms with van der Waals surface area (Å²) >= 11 is 0. The van der Waals surface area contributed by atoms with E-state index in [1.165, 1.54) is 36.1 Å². The lowest BCUT2D eigenvalue weighted by Gasteiger charge is -2.36. The van der Waals surface area contributed by atoms with Gasteiger partial charge in [-0.25, -0.2) is 0 Å². The molecule has 0 bridgehead atoms. The Balaban J connectivity index is 2.58. The molecular weight excluding hydrogens is 182 g/mol. The predicted octanol–water partition coefficient (Wildman–Crippen LogP) is 4.26. The number of aliphatic imine (C=N–C) groups is 1. The molecule has 1 aliphatic heterocycles. The number of rotatable bonds is 0. The van der Waals surface area contributed by atoms with Crippen molar-refractivity contribution in [1.29, 1.82) is 0 Å². The van der Waals surface area contributed by atoms with Crippen LogP contribution in [0.15, 0.2) is 27.4 Å². The highest BCUT2D eigenvalue weighted by Gasteiger charge is 2.32. The van der Waals surface area contributed by atoms with Gasteiger partial charge in [-0.05, 0) is 49.7 Å². The normalized spacial score (nSPS) is 25.3. The summed E-state index contributed by atoms with van der Waals surface area (Å²) in [5.41, 5.74) is 6.25. The molecule has 2 aliphatic rings. The third-order valence-corrected chi connectivity index (χ3v) is 3.75. The van der Waals surface area contributed by atoms with E-state index in [4.69, 9.17) is 0 Å². The van der Waals surface area contributed by atoms with Gasteiger partial charge in [0.1, 0.15) is 0 Å². The maximum atomic E-state index is 4.54. The maximum Gasteiger partial charge on any atom is 0.0403 e. The minimum atomic E-state index is 0.354. The van der Waals surface area contributed by atoms with Crippen molar-refractivity contribution in [3.63, 3.8) is 0 Å². The Labute approximate surface area is 93.0 Å². The molecule has 0 aromatic rings. The molecule has 0 aromatic carbocycles. The first-order valence-electron chi connectivity index (χ1n) is 5.95. The average molecular weight is 203 g/mol. The van der Waals surface area contributed by atoms with E-state index in [9.17, 15) is 0 Å². The lowest BCUT2D eigenvalue weighted by atomic mass is 9.68. The summed E-state index contributed by atoms with van der Waals surface area (Å²) in [5.74, 6) is 0. The molecule has 1 nitrogen and oxygen atoms in total. The van der Waals surface area contributed by atoms with Gasteiger partial charge >= 0.3 is 0 Å². The fourth-order valence-corrected chi connectivity index (χ4v) is 3.06. The van der Waals surface area contributed by atoms with Gasteiger partial charge in [-0.15, -0.1) is 0 Å². The molecule has 0 amide bonds. The Kier molecular flexibility index (Phi) is 2.57.